The van der Waals surface area contributed by atoms with E-state index in [4.69, 9.17) is 18.5 Å². The number of nitrogens with zero attached hydrogens (tertiary/aromatic N) is 3. The number of hydrogen-bond acceptors (Lipinski definition) is 19. The van der Waals surface area contributed by atoms with Gasteiger partial charge in [-0.1, -0.05) is 31.2 Å². The molecule has 2 unspecified atom stereocenters. The summed E-state index contributed by atoms with van der Waals surface area (Å²) in [5, 5.41) is 56.6. The minimum Gasteiger partial charge on any atom is -0.756 e. The van der Waals surface area contributed by atoms with Crippen LogP contribution in [0.5, 0.6) is 11.5 Å². The second-order valence-electron chi connectivity index (χ2n) is 12.7. The first-order valence-corrected chi connectivity index (χ1v) is 18.4. The van der Waals surface area contributed by atoms with Gasteiger partial charge < -0.3 is 72.9 Å². The van der Waals surface area contributed by atoms with Gasteiger partial charge in [0.25, 0.3) is 7.82 Å². The number of unbranched alkanes of at least 4 members (excludes halogenated alkanes) is 1. The van der Waals surface area contributed by atoms with Gasteiger partial charge in [-0.2, -0.15) is 0 Å². The Morgan fingerprint density at radius 2 is 1.07 bits per heavy atom. The van der Waals surface area contributed by atoms with Crippen molar-refractivity contribution in [2.45, 2.75) is 37.6 Å². The fraction of sp³-hybridized carbons (Fsp3) is 0.514. The van der Waals surface area contributed by atoms with Gasteiger partial charge in [0.05, 0.1) is 57.3 Å². The summed E-state index contributed by atoms with van der Waals surface area (Å²) in [6.07, 6.45) is 1.28. The van der Waals surface area contributed by atoms with Gasteiger partial charge in [-0.15, -0.1) is 0 Å². The molecule has 56 heavy (non-hydrogen) atoms. The van der Waals surface area contributed by atoms with Crippen molar-refractivity contribution in [2.24, 2.45) is 0 Å². The Balaban J connectivity index is 0.0000157. The zero-order chi connectivity index (χ0) is 41.2. The summed E-state index contributed by atoms with van der Waals surface area (Å²) in [5.41, 5.74) is 1.42. The van der Waals surface area contributed by atoms with Crippen molar-refractivity contribution in [3.8, 4) is 11.5 Å². The van der Waals surface area contributed by atoms with E-state index in [1.165, 1.54) is 0 Å². The van der Waals surface area contributed by atoms with Gasteiger partial charge in [0, 0.05) is 63.8 Å². The summed E-state index contributed by atoms with van der Waals surface area (Å²) in [5.74, 6) is -7.18. The molecule has 0 saturated carbocycles. The first-order chi connectivity index (χ1) is 25.9. The molecular formula is C35H44GdN3O16P-3. The van der Waals surface area contributed by atoms with Crippen molar-refractivity contribution in [3.05, 3.63) is 59.7 Å². The number of hydrogen-bond donors (Lipinski definition) is 0. The molecule has 0 amide bonds. The molecule has 0 fully saturated rings. The summed E-state index contributed by atoms with van der Waals surface area (Å²) in [4.78, 5) is 72.0. The molecule has 2 atom stereocenters. The molecule has 2 rings (SSSR count). The van der Waals surface area contributed by atoms with Gasteiger partial charge in [0.2, 0.25) is 0 Å². The van der Waals surface area contributed by atoms with E-state index in [1.807, 2.05) is 55.5 Å². The van der Waals surface area contributed by atoms with Crippen LogP contribution < -0.4 is 39.9 Å². The van der Waals surface area contributed by atoms with Gasteiger partial charge >= 0.3 is 39.9 Å². The van der Waals surface area contributed by atoms with Crippen LogP contribution in [0.15, 0.2) is 48.5 Å². The predicted molar refractivity (Wildman–Crippen MR) is 179 cm³/mol. The van der Waals surface area contributed by atoms with Crippen LogP contribution in [-0.2, 0) is 43.0 Å². The van der Waals surface area contributed by atoms with Crippen LogP contribution >= 0.6 is 7.82 Å². The van der Waals surface area contributed by atoms with E-state index in [0.717, 1.165) is 20.9 Å². The number of aliphatic carboxylic acids is 5. The Labute approximate surface area is 356 Å². The van der Waals surface area contributed by atoms with E-state index < -0.39 is 108 Å². The predicted octanol–water partition coefficient (Wildman–Crippen LogP) is -5.29. The number of carbonyl (C=O) groups excluding carboxylic acids is 5. The fourth-order valence-electron chi connectivity index (χ4n) is 5.84. The zero-order valence-electron chi connectivity index (χ0n) is 31.1. The van der Waals surface area contributed by atoms with Gasteiger partial charge in [0.15, 0.2) is 0 Å². The third-order valence-corrected chi connectivity index (χ3v) is 9.60. The molecule has 0 saturated heterocycles. The molecule has 19 nitrogen and oxygen atoms in total. The smallest absolute Gasteiger partial charge is 0.756 e. The SMILES string of the molecule is COc1ccc(C(C)(CCCCOP(=O)([O-])OCC(CN(CCN(CC(=O)[O-])CC(=O)[O-])CC(=O)[O-])N(CC(=O)[O-])CC(=O)[O-])c2ccc(OC)cc2)cc1.[Gd+3]. The van der Waals surface area contributed by atoms with Crippen molar-refractivity contribution >= 4 is 37.7 Å². The Hall–Kier alpha value is -3.30. The average molecular weight is 951 g/mol. The standard InChI is InChI=1S/C35H50N3O16P.Gd/c1-35(25-6-10-28(51-2)11-7-25,26-8-12-29(52-3)13-9-26)14-4-5-17-53-55(49,50)54-24-27(38(22-33(45)46)23-34(47)48)18-36(19-30(39)40)15-16-37(20-31(41)42)21-32(43)44;/h6-13,27H,4-5,14-24H2,1-3H3,(H,39,40)(H,41,42)(H,43,44)(H,45,46)(H,47,48)(H,49,50);/q;+3/p-6. The Kier molecular flexibility index (Phi) is 22.8. The normalized spacial score (nSPS) is 13.1. The van der Waals surface area contributed by atoms with E-state index in [0.29, 0.717) is 29.2 Å². The fourth-order valence-corrected chi connectivity index (χ4v) is 6.62. The molecule has 0 aliphatic rings. The third kappa shape index (κ3) is 18.8. The number of methoxy groups -OCH3 is 2. The van der Waals surface area contributed by atoms with Gasteiger partial charge in [-0.25, -0.2) is 0 Å². The van der Waals surface area contributed by atoms with Gasteiger partial charge in [-0.05, 0) is 54.7 Å². The third-order valence-electron chi connectivity index (χ3n) is 8.64. The molecule has 0 bridgehead atoms. The van der Waals surface area contributed by atoms with Crippen LogP contribution in [0.3, 0.4) is 0 Å². The summed E-state index contributed by atoms with van der Waals surface area (Å²) >= 11 is 0. The van der Waals surface area contributed by atoms with E-state index in [1.54, 1.807) is 14.2 Å². The summed E-state index contributed by atoms with van der Waals surface area (Å²) < 4.78 is 33.5. The molecule has 0 aliphatic heterocycles. The van der Waals surface area contributed by atoms with Crippen LogP contribution in [-0.4, -0.2) is 130 Å². The second-order valence-corrected chi connectivity index (χ2v) is 14.1. The molecule has 1 radical (unpaired) electrons. The van der Waals surface area contributed by atoms with Crippen LogP contribution in [0.1, 0.15) is 37.3 Å². The van der Waals surface area contributed by atoms with E-state index in [2.05, 4.69) is 0 Å². The number of benzene rings is 2. The van der Waals surface area contributed by atoms with E-state index >= 15 is 0 Å². The Morgan fingerprint density at radius 1 is 0.661 bits per heavy atom. The number of carbonyl (C=O) groups is 5. The molecule has 0 spiro atoms. The number of phosphoric acid groups is 1. The molecule has 2 aromatic carbocycles. The van der Waals surface area contributed by atoms with Crippen molar-refractivity contribution in [1.29, 1.82) is 0 Å². The van der Waals surface area contributed by atoms with Crippen LogP contribution in [0.2, 0.25) is 0 Å². The van der Waals surface area contributed by atoms with Crippen LogP contribution in [0.4, 0.5) is 0 Å². The number of ether oxygens (including phenoxy) is 2. The molecular weight excluding hydrogens is 907 g/mol. The zero-order valence-corrected chi connectivity index (χ0v) is 34.2. The van der Waals surface area contributed by atoms with Crippen molar-refractivity contribution in [3.63, 3.8) is 0 Å². The Bertz CT molecular complexity index is 1540. The van der Waals surface area contributed by atoms with E-state index in [-0.39, 0.29) is 53.0 Å². The molecule has 2 aromatic rings. The number of carboxylic acid groups (broad SMARTS) is 5. The minimum atomic E-state index is -5.13. The molecule has 311 valence electrons. The molecule has 0 heterocycles. The maximum absolute atomic E-state index is 12.8. The topological polar surface area (TPSA) is 287 Å². The summed E-state index contributed by atoms with van der Waals surface area (Å²) in [6.45, 7) is -5.40. The van der Waals surface area contributed by atoms with Gasteiger partial charge in [-0.3, -0.25) is 19.3 Å². The van der Waals surface area contributed by atoms with Crippen LogP contribution in [0, 0.1) is 39.9 Å². The first kappa shape index (κ1) is 50.7. The van der Waals surface area contributed by atoms with Gasteiger partial charge in [0.1, 0.15) is 11.5 Å². The molecule has 0 aliphatic carbocycles. The van der Waals surface area contributed by atoms with Crippen molar-refractivity contribution < 1.29 is 117 Å². The quantitative estimate of drug-likeness (QED) is 0.0544. The number of rotatable bonds is 29. The summed E-state index contributed by atoms with van der Waals surface area (Å²) in [7, 11) is -2.02. The first-order valence-electron chi connectivity index (χ1n) is 16.9. The molecule has 0 N–H and O–H groups in total. The maximum Gasteiger partial charge on any atom is 3.00 e. The maximum atomic E-state index is 12.8. The summed E-state index contributed by atoms with van der Waals surface area (Å²) in [6, 6.07) is 13.6. The van der Waals surface area contributed by atoms with Crippen molar-refractivity contribution in [2.75, 3.05) is 79.8 Å². The largest absolute Gasteiger partial charge is 3.00 e. The molecule has 21 heteroatoms. The average Bonchev–Trinajstić information content (AvgIpc) is 3.10. The van der Waals surface area contributed by atoms with Crippen molar-refractivity contribution in [1.82, 2.24) is 14.7 Å². The Morgan fingerprint density at radius 3 is 1.48 bits per heavy atom. The monoisotopic (exact) mass is 951 g/mol. The van der Waals surface area contributed by atoms with Crippen LogP contribution in [0.25, 0.3) is 0 Å². The van der Waals surface area contributed by atoms with E-state index in [9.17, 15) is 59.0 Å². The number of phosphoric ester groups is 1. The second kappa shape index (κ2) is 25.1. The number of carboxylic acids is 5. The molecule has 0 aromatic heterocycles. The minimum absolute atomic E-state index is 0.